The smallest absolute Gasteiger partial charge is 0.321 e. The van der Waals surface area contributed by atoms with Gasteiger partial charge < -0.3 is 30.6 Å². The molecular weight excluding hydrogens is 443 g/mol. The van der Waals surface area contributed by atoms with E-state index in [1.807, 2.05) is 6.08 Å². The topological polar surface area (TPSA) is 142 Å². The quantitative estimate of drug-likeness (QED) is 0.341. The number of imidazole rings is 1. The number of likely N-dealkylation sites (tertiary alicyclic amines) is 1. The Kier molecular flexibility index (Phi) is 6.43. The van der Waals surface area contributed by atoms with Crippen molar-refractivity contribution in [1.29, 1.82) is 0 Å². The average Bonchev–Trinajstić information content (AvgIpc) is 3.19. The second kappa shape index (κ2) is 9.30. The number of fused-ring (bicyclic) bond motifs is 1. The van der Waals surface area contributed by atoms with Gasteiger partial charge >= 0.3 is 11.9 Å². The van der Waals surface area contributed by atoms with E-state index in [2.05, 4.69) is 21.4 Å². The van der Waals surface area contributed by atoms with Gasteiger partial charge in [-0.25, -0.2) is 9.37 Å². The molecule has 5 N–H and O–H groups in total. The lowest BCUT2D eigenvalue weighted by Gasteiger charge is -2.43. The van der Waals surface area contributed by atoms with Crippen LogP contribution in [-0.4, -0.2) is 62.3 Å². The Labute approximate surface area is 195 Å². The van der Waals surface area contributed by atoms with Gasteiger partial charge in [0, 0.05) is 43.4 Å². The molecule has 0 unspecified atom stereocenters. The van der Waals surface area contributed by atoms with Gasteiger partial charge in [-0.15, -0.1) is 0 Å². The number of hydrogen-bond donors (Lipinski definition) is 4. The summed E-state index contributed by atoms with van der Waals surface area (Å²) in [5.41, 5.74) is 6.72. The number of nitrogens with two attached hydrogens (primary N) is 1. The molecular formula is C24H27FN4O5. The number of rotatable bonds is 8. The highest BCUT2D eigenvalue weighted by molar-refractivity contribution is 5.99. The van der Waals surface area contributed by atoms with Crippen molar-refractivity contribution in [3.8, 4) is 0 Å². The number of allylic oxidation sites excluding steroid dienone is 3. The number of nitrogens with one attached hydrogen (secondary N) is 1. The molecule has 1 aliphatic carbocycles. The summed E-state index contributed by atoms with van der Waals surface area (Å²) in [6, 6.07) is 4.33. The van der Waals surface area contributed by atoms with E-state index in [1.165, 1.54) is 18.3 Å². The first-order valence-corrected chi connectivity index (χ1v) is 11.0. The Bertz CT molecular complexity index is 1160. The van der Waals surface area contributed by atoms with Crippen molar-refractivity contribution < 1.29 is 28.9 Å². The predicted molar refractivity (Wildman–Crippen MR) is 123 cm³/mol. The van der Waals surface area contributed by atoms with Crippen LogP contribution in [0.2, 0.25) is 0 Å². The zero-order chi connectivity index (χ0) is 24.5. The van der Waals surface area contributed by atoms with Crippen LogP contribution in [-0.2, 0) is 14.3 Å². The number of benzene rings is 1. The van der Waals surface area contributed by atoms with E-state index < -0.39 is 17.4 Å². The largest absolute Gasteiger partial charge is 0.480 e. The van der Waals surface area contributed by atoms with E-state index >= 15 is 0 Å². The number of H-pyrrole nitrogens is 1. The summed E-state index contributed by atoms with van der Waals surface area (Å²) < 4.78 is 19.4. The maximum atomic E-state index is 13.4. The molecule has 1 saturated heterocycles. The minimum atomic E-state index is -1.72. The highest BCUT2D eigenvalue weighted by atomic mass is 19.1. The number of piperidine rings is 1. The maximum absolute atomic E-state index is 13.4. The SMILES string of the molecule is C=C(/C=C\C(=C/N)c1nc2ccc(F)cc2[nH]1)N1CCC(OC2CC(C(=O)O)(C(=O)O)C2)CC1. The third-order valence-corrected chi connectivity index (χ3v) is 6.56. The molecule has 0 atom stereocenters. The predicted octanol–water partition coefficient (Wildman–Crippen LogP) is 2.87. The Hall–Kier alpha value is -3.66. The van der Waals surface area contributed by atoms with E-state index in [1.54, 1.807) is 12.1 Å². The van der Waals surface area contributed by atoms with Crippen LogP contribution in [0.4, 0.5) is 4.39 Å². The highest BCUT2D eigenvalue weighted by Crippen LogP contribution is 2.44. The molecule has 2 aliphatic rings. The van der Waals surface area contributed by atoms with Gasteiger partial charge in [0.05, 0.1) is 23.2 Å². The summed E-state index contributed by atoms with van der Waals surface area (Å²) in [7, 11) is 0. The zero-order valence-corrected chi connectivity index (χ0v) is 18.5. The molecule has 2 aromatic rings. The molecule has 2 fully saturated rings. The van der Waals surface area contributed by atoms with Crippen molar-refractivity contribution in [2.45, 2.75) is 37.9 Å². The van der Waals surface area contributed by atoms with Gasteiger partial charge in [0.2, 0.25) is 0 Å². The van der Waals surface area contributed by atoms with Crippen molar-refractivity contribution in [1.82, 2.24) is 14.9 Å². The minimum absolute atomic E-state index is 0.00401. The van der Waals surface area contributed by atoms with E-state index in [-0.39, 0.29) is 30.9 Å². The van der Waals surface area contributed by atoms with Gasteiger partial charge in [-0.05, 0) is 43.2 Å². The summed E-state index contributed by atoms with van der Waals surface area (Å²) in [4.78, 5) is 32.2. The lowest BCUT2D eigenvalue weighted by Crippen LogP contribution is -2.54. The third-order valence-electron chi connectivity index (χ3n) is 6.56. The lowest BCUT2D eigenvalue weighted by molar-refractivity contribution is -0.190. The molecule has 1 saturated carbocycles. The summed E-state index contributed by atoms with van der Waals surface area (Å²) in [5.74, 6) is -2.44. The monoisotopic (exact) mass is 470 g/mol. The Morgan fingerprint density at radius 1 is 1.21 bits per heavy atom. The first kappa shape index (κ1) is 23.5. The zero-order valence-electron chi connectivity index (χ0n) is 18.5. The molecule has 1 aliphatic heterocycles. The molecule has 0 amide bonds. The van der Waals surface area contributed by atoms with Gasteiger partial charge in [0.15, 0.2) is 5.41 Å². The number of aromatic amines is 1. The molecule has 34 heavy (non-hydrogen) atoms. The van der Waals surface area contributed by atoms with Crippen molar-refractivity contribution in [3.05, 3.63) is 60.5 Å². The number of aliphatic carboxylic acids is 2. The van der Waals surface area contributed by atoms with Gasteiger partial charge in [-0.1, -0.05) is 6.58 Å². The molecule has 4 rings (SSSR count). The molecule has 1 aromatic heterocycles. The van der Waals surface area contributed by atoms with Gasteiger partial charge in [-0.2, -0.15) is 0 Å². The third kappa shape index (κ3) is 4.54. The summed E-state index contributed by atoms with van der Waals surface area (Å²) >= 11 is 0. The van der Waals surface area contributed by atoms with Gasteiger partial charge in [0.25, 0.3) is 0 Å². The van der Waals surface area contributed by atoms with E-state index in [9.17, 15) is 24.2 Å². The van der Waals surface area contributed by atoms with Crippen LogP contribution >= 0.6 is 0 Å². The van der Waals surface area contributed by atoms with Crippen LogP contribution < -0.4 is 5.73 Å². The van der Waals surface area contributed by atoms with Gasteiger partial charge in [-0.3, -0.25) is 9.59 Å². The molecule has 0 spiro atoms. The first-order valence-electron chi connectivity index (χ1n) is 11.0. The molecule has 9 nitrogen and oxygen atoms in total. The number of halogens is 1. The van der Waals surface area contributed by atoms with E-state index in [4.69, 9.17) is 10.5 Å². The standard InChI is InChI=1S/C24H27FN4O5/c1-14(2-3-15(13-26)21-27-19-5-4-16(25)10-20(19)28-21)29-8-6-17(7-9-29)34-18-11-24(12-18,22(30)31)23(32)33/h2-5,10,13,17-18H,1,6-9,11-12,26H2,(H,27,28)(H,30,31)(H,32,33)/b3-2-,15-13+. The Balaban J connectivity index is 1.28. The van der Waals surface area contributed by atoms with Crippen molar-refractivity contribution >= 4 is 28.5 Å². The summed E-state index contributed by atoms with van der Waals surface area (Å²) in [5, 5.41) is 18.4. The van der Waals surface area contributed by atoms with Crippen LogP contribution in [0.5, 0.6) is 0 Å². The number of carboxylic acids is 2. The Morgan fingerprint density at radius 3 is 2.50 bits per heavy atom. The molecule has 1 aromatic carbocycles. The number of hydrogen-bond acceptors (Lipinski definition) is 6. The van der Waals surface area contributed by atoms with E-state index in [0.717, 1.165) is 18.5 Å². The minimum Gasteiger partial charge on any atom is -0.480 e. The fourth-order valence-corrected chi connectivity index (χ4v) is 4.43. The number of carbonyl (C=O) groups is 2. The first-order chi connectivity index (χ1) is 16.2. The van der Waals surface area contributed by atoms with Crippen LogP contribution in [0.15, 0.2) is 48.8 Å². The summed E-state index contributed by atoms with van der Waals surface area (Å²) in [6.45, 7) is 5.53. The number of ether oxygens (including phenoxy) is 1. The number of aromatic nitrogens is 2. The van der Waals surface area contributed by atoms with Crippen molar-refractivity contribution in [3.63, 3.8) is 0 Å². The fraction of sp³-hybridized carbons (Fsp3) is 0.375. The molecule has 180 valence electrons. The molecule has 0 bridgehead atoms. The molecule has 10 heteroatoms. The maximum Gasteiger partial charge on any atom is 0.321 e. The Morgan fingerprint density at radius 2 is 1.88 bits per heavy atom. The van der Waals surface area contributed by atoms with E-state index in [0.29, 0.717) is 35.5 Å². The second-order valence-electron chi connectivity index (χ2n) is 8.74. The average molecular weight is 471 g/mol. The van der Waals surface area contributed by atoms with Crippen LogP contribution in [0, 0.1) is 11.2 Å². The number of carboxylic acid groups (broad SMARTS) is 2. The van der Waals surface area contributed by atoms with Gasteiger partial charge in [0.1, 0.15) is 11.6 Å². The normalized spacial score (nSPS) is 19.4. The number of nitrogens with zero attached hydrogens (tertiary/aromatic N) is 2. The van der Waals surface area contributed by atoms with Crippen LogP contribution in [0.25, 0.3) is 16.6 Å². The van der Waals surface area contributed by atoms with Crippen molar-refractivity contribution in [2.24, 2.45) is 11.1 Å². The van der Waals surface area contributed by atoms with Crippen molar-refractivity contribution in [2.75, 3.05) is 13.1 Å². The fourth-order valence-electron chi connectivity index (χ4n) is 4.43. The molecule has 0 radical (unpaired) electrons. The molecule has 2 heterocycles. The highest BCUT2D eigenvalue weighted by Gasteiger charge is 2.57. The second-order valence-corrected chi connectivity index (χ2v) is 8.74. The van der Waals surface area contributed by atoms with Crippen LogP contribution in [0.3, 0.4) is 0 Å². The lowest BCUT2D eigenvalue weighted by atomic mass is 9.66. The summed E-state index contributed by atoms with van der Waals surface area (Å²) in [6.07, 6.45) is 6.11. The van der Waals surface area contributed by atoms with Crippen LogP contribution in [0.1, 0.15) is 31.5 Å².